The molecule has 2 saturated heterocycles. The molecule has 20 heavy (non-hydrogen) atoms. The maximum atomic E-state index is 5.40. The summed E-state index contributed by atoms with van der Waals surface area (Å²) in [4.78, 5) is 2.39. The van der Waals surface area contributed by atoms with E-state index in [0.717, 1.165) is 39.4 Å². The van der Waals surface area contributed by atoms with E-state index in [4.69, 9.17) is 4.74 Å². The molecular formula is C16H25N3O. The van der Waals surface area contributed by atoms with Crippen molar-refractivity contribution in [2.75, 3.05) is 49.6 Å². The summed E-state index contributed by atoms with van der Waals surface area (Å²) in [5.41, 5.74) is 2.55. The molecule has 1 atom stereocenters. The second kappa shape index (κ2) is 6.95. The summed E-state index contributed by atoms with van der Waals surface area (Å²) in [5, 5.41) is 7.12. The van der Waals surface area contributed by atoms with Crippen LogP contribution in [0.25, 0.3) is 0 Å². The van der Waals surface area contributed by atoms with E-state index in [0.29, 0.717) is 6.04 Å². The molecule has 2 N–H and O–H groups in total. The maximum absolute atomic E-state index is 5.40. The van der Waals surface area contributed by atoms with Crippen molar-refractivity contribution in [2.45, 2.75) is 25.3 Å². The predicted octanol–water partition coefficient (Wildman–Crippen LogP) is 2.08. The van der Waals surface area contributed by atoms with Gasteiger partial charge in [-0.05, 0) is 56.6 Å². The van der Waals surface area contributed by atoms with Crippen molar-refractivity contribution in [3.8, 4) is 0 Å². The lowest BCUT2D eigenvalue weighted by atomic mass is 10.1. The zero-order chi connectivity index (χ0) is 13.6. The summed E-state index contributed by atoms with van der Waals surface area (Å²) in [6.07, 6.45) is 3.74. The quantitative estimate of drug-likeness (QED) is 0.885. The maximum Gasteiger partial charge on any atom is 0.0642 e. The van der Waals surface area contributed by atoms with Gasteiger partial charge in [-0.1, -0.05) is 0 Å². The molecule has 0 spiro atoms. The van der Waals surface area contributed by atoms with Gasteiger partial charge in [-0.25, -0.2) is 0 Å². The highest BCUT2D eigenvalue weighted by Gasteiger charge is 2.13. The van der Waals surface area contributed by atoms with Gasteiger partial charge in [0, 0.05) is 30.5 Å². The minimum atomic E-state index is 0.610. The molecule has 0 aromatic heterocycles. The fraction of sp³-hybridized carbons (Fsp3) is 0.625. The van der Waals surface area contributed by atoms with Crippen molar-refractivity contribution in [1.29, 1.82) is 0 Å². The van der Waals surface area contributed by atoms with E-state index in [1.165, 1.54) is 30.6 Å². The van der Waals surface area contributed by atoms with Crippen LogP contribution in [-0.4, -0.2) is 45.4 Å². The van der Waals surface area contributed by atoms with E-state index in [-0.39, 0.29) is 0 Å². The summed E-state index contributed by atoms with van der Waals surface area (Å²) in [7, 11) is 0. The highest BCUT2D eigenvalue weighted by atomic mass is 16.5. The topological polar surface area (TPSA) is 36.5 Å². The Kier molecular flexibility index (Phi) is 4.77. The summed E-state index contributed by atoms with van der Waals surface area (Å²) in [5.74, 6) is 0. The molecule has 2 aliphatic heterocycles. The lowest BCUT2D eigenvalue weighted by molar-refractivity contribution is 0.122. The van der Waals surface area contributed by atoms with Crippen molar-refractivity contribution in [2.24, 2.45) is 0 Å². The average molecular weight is 275 g/mol. The zero-order valence-electron chi connectivity index (χ0n) is 12.1. The molecule has 2 fully saturated rings. The predicted molar refractivity (Wildman–Crippen MR) is 83.6 cm³/mol. The molecule has 4 heteroatoms. The second-order valence-electron chi connectivity index (χ2n) is 5.67. The molecule has 3 rings (SSSR count). The lowest BCUT2D eigenvalue weighted by Gasteiger charge is -2.29. The fourth-order valence-electron chi connectivity index (χ4n) is 2.99. The first kappa shape index (κ1) is 13.7. The Morgan fingerprint density at radius 2 is 1.85 bits per heavy atom. The third-order valence-electron chi connectivity index (χ3n) is 4.19. The van der Waals surface area contributed by atoms with Crippen molar-refractivity contribution in [1.82, 2.24) is 5.32 Å². The largest absolute Gasteiger partial charge is 0.382 e. The fourth-order valence-corrected chi connectivity index (χ4v) is 2.99. The molecule has 0 amide bonds. The highest BCUT2D eigenvalue weighted by molar-refractivity contribution is 5.55. The Morgan fingerprint density at radius 3 is 2.65 bits per heavy atom. The number of morpholine rings is 1. The van der Waals surface area contributed by atoms with Crippen LogP contribution in [0.5, 0.6) is 0 Å². The second-order valence-corrected chi connectivity index (χ2v) is 5.67. The Balaban J connectivity index is 1.57. The van der Waals surface area contributed by atoms with Crippen LogP contribution in [-0.2, 0) is 4.74 Å². The summed E-state index contributed by atoms with van der Waals surface area (Å²) in [6.45, 7) is 5.98. The molecule has 2 heterocycles. The van der Waals surface area contributed by atoms with Gasteiger partial charge in [0.15, 0.2) is 0 Å². The van der Waals surface area contributed by atoms with Crippen LogP contribution in [0.4, 0.5) is 11.4 Å². The highest BCUT2D eigenvalue weighted by Crippen LogP contribution is 2.20. The number of hydrogen-bond acceptors (Lipinski definition) is 4. The van der Waals surface area contributed by atoms with E-state index in [1.807, 2.05) is 0 Å². The summed E-state index contributed by atoms with van der Waals surface area (Å²) < 4.78 is 5.40. The Hall–Kier alpha value is -1.26. The molecule has 1 unspecified atom stereocenters. The molecule has 0 radical (unpaired) electrons. The van der Waals surface area contributed by atoms with Crippen LogP contribution in [0.15, 0.2) is 24.3 Å². The zero-order valence-corrected chi connectivity index (χ0v) is 12.1. The molecule has 110 valence electrons. The van der Waals surface area contributed by atoms with Crippen LogP contribution in [0.3, 0.4) is 0 Å². The molecule has 0 aliphatic carbocycles. The smallest absolute Gasteiger partial charge is 0.0642 e. The standard InChI is InChI=1S/C16H25N3O/c1-2-14(7-9-17-8-1)18-15-3-5-16(6-4-15)19-10-12-20-13-11-19/h3-6,14,17-18H,1-2,7-13H2. The third-order valence-corrected chi connectivity index (χ3v) is 4.19. The van der Waals surface area contributed by atoms with Crippen LogP contribution in [0.1, 0.15) is 19.3 Å². The minimum Gasteiger partial charge on any atom is -0.382 e. The van der Waals surface area contributed by atoms with Gasteiger partial charge in [0.05, 0.1) is 13.2 Å². The number of rotatable bonds is 3. The SMILES string of the molecule is c1cc(N2CCOCC2)ccc1NC1CCCNCC1. The molecule has 1 aromatic carbocycles. The van der Waals surface area contributed by atoms with E-state index in [9.17, 15) is 0 Å². The Morgan fingerprint density at radius 1 is 1.05 bits per heavy atom. The molecular weight excluding hydrogens is 250 g/mol. The molecule has 2 aliphatic rings. The Labute approximate surface area is 121 Å². The van der Waals surface area contributed by atoms with Gasteiger partial charge in [0.2, 0.25) is 0 Å². The van der Waals surface area contributed by atoms with Gasteiger partial charge in [-0.2, -0.15) is 0 Å². The number of benzene rings is 1. The number of hydrogen-bond donors (Lipinski definition) is 2. The van der Waals surface area contributed by atoms with Crippen molar-refractivity contribution >= 4 is 11.4 Å². The van der Waals surface area contributed by atoms with Gasteiger partial charge in [0.1, 0.15) is 0 Å². The summed E-state index contributed by atoms with van der Waals surface area (Å²) in [6, 6.07) is 9.48. The molecule has 0 bridgehead atoms. The van der Waals surface area contributed by atoms with Crippen LogP contribution in [0.2, 0.25) is 0 Å². The lowest BCUT2D eigenvalue weighted by Crippen LogP contribution is -2.36. The molecule has 1 aromatic rings. The molecule has 0 saturated carbocycles. The third kappa shape index (κ3) is 3.64. The van der Waals surface area contributed by atoms with Gasteiger partial charge in [0.25, 0.3) is 0 Å². The first-order valence-electron chi connectivity index (χ1n) is 7.82. The van der Waals surface area contributed by atoms with E-state index < -0.39 is 0 Å². The number of ether oxygens (including phenoxy) is 1. The van der Waals surface area contributed by atoms with Crippen molar-refractivity contribution < 1.29 is 4.74 Å². The van der Waals surface area contributed by atoms with Gasteiger partial charge in [-0.15, -0.1) is 0 Å². The van der Waals surface area contributed by atoms with Crippen LogP contribution in [0, 0.1) is 0 Å². The first-order valence-corrected chi connectivity index (χ1v) is 7.82. The Bertz CT molecular complexity index is 393. The van der Waals surface area contributed by atoms with Crippen molar-refractivity contribution in [3.05, 3.63) is 24.3 Å². The van der Waals surface area contributed by atoms with E-state index in [2.05, 4.69) is 39.8 Å². The number of anilines is 2. The number of nitrogens with zero attached hydrogens (tertiary/aromatic N) is 1. The normalized spacial score (nSPS) is 24.2. The van der Waals surface area contributed by atoms with Gasteiger partial charge < -0.3 is 20.3 Å². The minimum absolute atomic E-state index is 0.610. The van der Waals surface area contributed by atoms with Gasteiger partial charge >= 0.3 is 0 Å². The van der Waals surface area contributed by atoms with Crippen LogP contribution >= 0.6 is 0 Å². The van der Waals surface area contributed by atoms with E-state index >= 15 is 0 Å². The first-order chi connectivity index (χ1) is 9.92. The van der Waals surface area contributed by atoms with Gasteiger partial charge in [-0.3, -0.25) is 0 Å². The monoisotopic (exact) mass is 275 g/mol. The number of nitrogens with one attached hydrogen (secondary N) is 2. The summed E-state index contributed by atoms with van der Waals surface area (Å²) >= 11 is 0. The molecule has 4 nitrogen and oxygen atoms in total. The van der Waals surface area contributed by atoms with E-state index in [1.54, 1.807) is 0 Å². The van der Waals surface area contributed by atoms with Crippen molar-refractivity contribution in [3.63, 3.8) is 0 Å². The van der Waals surface area contributed by atoms with Crippen LogP contribution < -0.4 is 15.5 Å². The average Bonchev–Trinajstić information content (AvgIpc) is 2.78.